The summed E-state index contributed by atoms with van der Waals surface area (Å²) in [5.74, 6) is 0.239. The van der Waals surface area contributed by atoms with Gasteiger partial charge in [-0.1, -0.05) is 0 Å². The lowest BCUT2D eigenvalue weighted by Gasteiger charge is -2.26. The van der Waals surface area contributed by atoms with Gasteiger partial charge in [0.2, 0.25) is 0 Å². The molecule has 0 aliphatic heterocycles. The van der Waals surface area contributed by atoms with Crippen LogP contribution in [0.15, 0.2) is 0 Å². The number of ether oxygens (including phenoxy) is 1. The standard InChI is InChI=1S/C14H34O7P2/c1-21-5-2-14(3-6-22(8-15,9-16)10-17)4-7-23(11-18,12-19)13-20/h14-20H,2-13H2,1H3/q+2. The average molecular weight is 376 g/mol. The highest BCUT2D eigenvalue weighted by Gasteiger charge is 2.38. The van der Waals surface area contributed by atoms with Crippen LogP contribution in [0.25, 0.3) is 0 Å². The van der Waals surface area contributed by atoms with Crippen LogP contribution in [-0.2, 0) is 4.74 Å². The van der Waals surface area contributed by atoms with Crippen molar-refractivity contribution in [2.45, 2.75) is 19.3 Å². The molecule has 9 heteroatoms. The molecule has 0 radical (unpaired) electrons. The molecule has 0 rings (SSSR count). The highest BCUT2D eigenvalue weighted by molar-refractivity contribution is 7.75. The van der Waals surface area contributed by atoms with Crippen LogP contribution in [0.2, 0.25) is 0 Å². The predicted molar refractivity (Wildman–Crippen MR) is 95.3 cm³/mol. The van der Waals surface area contributed by atoms with Crippen molar-refractivity contribution in [3.63, 3.8) is 0 Å². The van der Waals surface area contributed by atoms with Gasteiger partial charge in [-0.2, -0.15) is 0 Å². The van der Waals surface area contributed by atoms with Gasteiger partial charge in [0, 0.05) is 13.7 Å². The molecule has 6 N–H and O–H groups in total. The van der Waals surface area contributed by atoms with Crippen molar-refractivity contribution in [3.8, 4) is 0 Å². The molecule has 0 heterocycles. The molecule has 7 nitrogen and oxygen atoms in total. The molecule has 0 saturated heterocycles. The maximum Gasteiger partial charge on any atom is 0.158 e. The number of methoxy groups -OCH3 is 1. The van der Waals surface area contributed by atoms with E-state index in [4.69, 9.17) is 4.74 Å². The average Bonchev–Trinajstić information content (AvgIpc) is 2.61. The van der Waals surface area contributed by atoms with Crippen molar-refractivity contribution < 1.29 is 35.4 Å². The van der Waals surface area contributed by atoms with E-state index in [1.54, 1.807) is 7.11 Å². The van der Waals surface area contributed by atoms with Gasteiger partial charge in [0.05, 0.1) is 26.8 Å². The van der Waals surface area contributed by atoms with Gasteiger partial charge in [0.1, 0.15) is 0 Å². The Balaban J connectivity index is 4.68. The van der Waals surface area contributed by atoms with Crippen molar-refractivity contribution in [2.75, 3.05) is 64.1 Å². The summed E-state index contributed by atoms with van der Waals surface area (Å²) < 4.78 is 5.12. The lowest BCUT2D eigenvalue weighted by Crippen LogP contribution is -2.18. The van der Waals surface area contributed by atoms with E-state index >= 15 is 0 Å². The summed E-state index contributed by atoms with van der Waals surface area (Å²) in [6.45, 7) is 0.580. The summed E-state index contributed by atoms with van der Waals surface area (Å²) in [5, 5.41) is 56.7. The fourth-order valence-corrected chi connectivity index (χ4v) is 5.53. The second kappa shape index (κ2) is 12.9. The van der Waals surface area contributed by atoms with Crippen molar-refractivity contribution in [2.24, 2.45) is 5.92 Å². The first kappa shape index (κ1) is 23.6. The Kier molecular flexibility index (Phi) is 13.2. The minimum Gasteiger partial charge on any atom is -0.385 e. The zero-order valence-electron chi connectivity index (χ0n) is 14.0. The van der Waals surface area contributed by atoms with Gasteiger partial charge >= 0.3 is 0 Å². The third-order valence-electron chi connectivity index (χ3n) is 4.55. The fourth-order valence-electron chi connectivity index (χ4n) is 2.32. The quantitative estimate of drug-likeness (QED) is 0.224. The smallest absolute Gasteiger partial charge is 0.158 e. The van der Waals surface area contributed by atoms with Gasteiger partial charge < -0.3 is 35.4 Å². The molecule has 0 aliphatic rings. The van der Waals surface area contributed by atoms with Gasteiger partial charge in [0.25, 0.3) is 0 Å². The summed E-state index contributed by atoms with van der Waals surface area (Å²) in [7, 11) is -2.63. The molecule has 0 saturated carbocycles. The van der Waals surface area contributed by atoms with E-state index in [1.165, 1.54) is 0 Å². The van der Waals surface area contributed by atoms with Crippen LogP contribution in [-0.4, -0.2) is 94.8 Å². The molecule has 140 valence electrons. The third kappa shape index (κ3) is 8.00. The molecule has 0 fully saturated rings. The molecular formula is C14H34O7P2+2. The summed E-state index contributed by atoms with van der Waals surface area (Å²) >= 11 is 0. The second-order valence-corrected chi connectivity index (χ2v) is 14.2. The third-order valence-corrected chi connectivity index (χ3v) is 10.6. The van der Waals surface area contributed by atoms with Crippen LogP contribution in [0.5, 0.6) is 0 Å². The second-order valence-electron chi connectivity index (χ2n) is 6.20. The molecular weight excluding hydrogens is 342 g/mol. The SMILES string of the molecule is COCCC(CC[P+](CO)(CO)CO)CC[P+](CO)(CO)CO. The lowest BCUT2D eigenvalue weighted by atomic mass is 10.00. The highest BCUT2D eigenvalue weighted by atomic mass is 31.2. The minimum atomic E-state index is -2.12. The van der Waals surface area contributed by atoms with Gasteiger partial charge in [-0.3, -0.25) is 0 Å². The zero-order valence-corrected chi connectivity index (χ0v) is 15.8. The van der Waals surface area contributed by atoms with Crippen molar-refractivity contribution in [3.05, 3.63) is 0 Å². The summed E-state index contributed by atoms with van der Waals surface area (Å²) in [6, 6.07) is 0. The van der Waals surface area contributed by atoms with Crippen molar-refractivity contribution in [1.29, 1.82) is 0 Å². The molecule has 0 aromatic rings. The van der Waals surface area contributed by atoms with Crippen LogP contribution in [0.4, 0.5) is 0 Å². The molecule has 0 atom stereocenters. The Bertz CT molecular complexity index is 246. The monoisotopic (exact) mass is 376 g/mol. The van der Waals surface area contributed by atoms with Crippen LogP contribution < -0.4 is 0 Å². The van der Waals surface area contributed by atoms with Gasteiger partial charge in [0.15, 0.2) is 38.1 Å². The Morgan fingerprint density at radius 2 is 1.00 bits per heavy atom. The predicted octanol–water partition coefficient (Wildman–Crippen LogP) is 0.153. The molecule has 0 unspecified atom stereocenters. The Morgan fingerprint density at radius 3 is 1.26 bits per heavy atom. The van der Waals surface area contributed by atoms with E-state index in [9.17, 15) is 30.6 Å². The number of hydrogen-bond donors (Lipinski definition) is 6. The van der Waals surface area contributed by atoms with Gasteiger partial charge in [-0.05, 0) is 25.2 Å². The van der Waals surface area contributed by atoms with Crippen LogP contribution in [0.1, 0.15) is 19.3 Å². The van der Waals surface area contributed by atoms with Crippen LogP contribution in [0, 0.1) is 5.92 Å². The van der Waals surface area contributed by atoms with E-state index in [0.717, 1.165) is 19.3 Å². The van der Waals surface area contributed by atoms with Gasteiger partial charge in [-0.15, -0.1) is 0 Å². The first-order valence-corrected chi connectivity index (χ1v) is 12.9. The largest absolute Gasteiger partial charge is 0.385 e. The maximum atomic E-state index is 9.45. The van der Waals surface area contributed by atoms with Crippen LogP contribution in [0.3, 0.4) is 0 Å². The number of hydrogen-bond acceptors (Lipinski definition) is 7. The van der Waals surface area contributed by atoms with E-state index in [-0.39, 0.29) is 44.0 Å². The molecule has 0 spiro atoms. The van der Waals surface area contributed by atoms with E-state index < -0.39 is 14.5 Å². The van der Waals surface area contributed by atoms with E-state index in [0.29, 0.717) is 18.9 Å². The molecule has 0 bridgehead atoms. The Morgan fingerprint density at radius 1 is 0.652 bits per heavy atom. The van der Waals surface area contributed by atoms with Crippen LogP contribution >= 0.6 is 14.5 Å². The summed E-state index contributed by atoms with van der Waals surface area (Å²) in [4.78, 5) is 0. The Labute approximate surface area is 140 Å². The highest BCUT2D eigenvalue weighted by Crippen LogP contribution is 2.59. The number of rotatable bonds is 15. The first-order valence-electron chi connectivity index (χ1n) is 7.85. The molecule has 0 aromatic heterocycles. The molecule has 0 amide bonds. The Hall–Kier alpha value is 0.580. The first-order chi connectivity index (χ1) is 11.0. The van der Waals surface area contributed by atoms with Gasteiger partial charge in [-0.25, -0.2) is 0 Å². The fraction of sp³-hybridized carbons (Fsp3) is 1.00. The molecule has 23 heavy (non-hydrogen) atoms. The molecule has 0 aliphatic carbocycles. The van der Waals surface area contributed by atoms with E-state index in [1.807, 2.05) is 0 Å². The van der Waals surface area contributed by atoms with E-state index in [2.05, 4.69) is 0 Å². The lowest BCUT2D eigenvalue weighted by molar-refractivity contribution is 0.175. The van der Waals surface area contributed by atoms with Crippen molar-refractivity contribution in [1.82, 2.24) is 0 Å². The maximum absolute atomic E-state index is 9.45. The number of aliphatic hydroxyl groups is 6. The minimum absolute atomic E-state index is 0.169. The zero-order chi connectivity index (χ0) is 17.8. The molecule has 0 aromatic carbocycles. The topological polar surface area (TPSA) is 131 Å². The summed E-state index contributed by atoms with van der Waals surface area (Å²) in [5.41, 5.74) is 0. The number of aliphatic hydroxyl groups excluding tert-OH is 6. The van der Waals surface area contributed by atoms with Crippen molar-refractivity contribution >= 4 is 14.5 Å². The summed E-state index contributed by atoms with van der Waals surface area (Å²) in [6.07, 6.45) is 2.44. The normalized spacial score (nSPS) is 13.0.